The largest absolute Gasteiger partial charge is 0.490 e. The maximum atomic E-state index is 5.85. The standard InChI is InChI=1S/C13H16N4O/c1-9-4-3-5-10-8-11(6-7-12(10)18-9)13-14-16-17(2)15-13/h3,5-9,16H,4H2,1-2H3,(H,14,15). The van der Waals surface area contributed by atoms with Crippen molar-refractivity contribution in [3.05, 3.63) is 35.4 Å². The Hall–Kier alpha value is -2.01. The lowest BCUT2D eigenvalue weighted by Gasteiger charge is -2.13. The maximum absolute atomic E-state index is 5.85. The molecule has 5 nitrogen and oxygen atoms in total. The van der Waals surface area contributed by atoms with E-state index in [0.717, 1.165) is 29.1 Å². The number of hydrazone groups is 1. The van der Waals surface area contributed by atoms with Crippen LogP contribution in [0.25, 0.3) is 6.08 Å². The number of nitrogens with zero attached hydrogens (tertiary/aromatic N) is 2. The molecule has 1 aromatic carbocycles. The summed E-state index contributed by atoms with van der Waals surface area (Å²) in [6.45, 7) is 2.08. The first kappa shape index (κ1) is 11.1. The highest BCUT2D eigenvalue weighted by Gasteiger charge is 2.15. The smallest absolute Gasteiger partial charge is 0.170 e. The van der Waals surface area contributed by atoms with E-state index >= 15 is 0 Å². The van der Waals surface area contributed by atoms with Crippen LogP contribution in [0.15, 0.2) is 29.4 Å². The molecule has 0 fully saturated rings. The maximum Gasteiger partial charge on any atom is 0.170 e. The van der Waals surface area contributed by atoms with Crippen molar-refractivity contribution in [2.24, 2.45) is 5.10 Å². The minimum Gasteiger partial charge on any atom is -0.490 e. The first-order valence-electron chi connectivity index (χ1n) is 6.04. The van der Waals surface area contributed by atoms with Crippen molar-refractivity contribution in [1.82, 2.24) is 16.1 Å². The Labute approximate surface area is 106 Å². The summed E-state index contributed by atoms with van der Waals surface area (Å²) in [5.74, 6) is 1.74. The lowest BCUT2D eigenvalue weighted by molar-refractivity contribution is 0.227. The van der Waals surface area contributed by atoms with Crippen LogP contribution < -0.4 is 15.7 Å². The molecule has 0 aromatic heterocycles. The van der Waals surface area contributed by atoms with E-state index in [2.05, 4.69) is 41.2 Å². The van der Waals surface area contributed by atoms with Crippen LogP contribution >= 0.6 is 0 Å². The van der Waals surface area contributed by atoms with Crippen molar-refractivity contribution in [3.63, 3.8) is 0 Å². The molecule has 1 aromatic rings. The van der Waals surface area contributed by atoms with E-state index in [1.54, 1.807) is 5.12 Å². The molecule has 94 valence electrons. The van der Waals surface area contributed by atoms with Crippen LogP contribution in [-0.4, -0.2) is 24.1 Å². The average Bonchev–Trinajstić information content (AvgIpc) is 2.69. The highest BCUT2D eigenvalue weighted by molar-refractivity contribution is 5.99. The van der Waals surface area contributed by atoms with Gasteiger partial charge in [0, 0.05) is 24.6 Å². The van der Waals surface area contributed by atoms with Crippen molar-refractivity contribution in [3.8, 4) is 5.75 Å². The number of benzene rings is 1. The highest BCUT2D eigenvalue weighted by atomic mass is 16.5. The lowest BCUT2D eigenvalue weighted by atomic mass is 10.1. The van der Waals surface area contributed by atoms with Crippen molar-refractivity contribution in [2.45, 2.75) is 19.4 Å². The quantitative estimate of drug-likeness (QED) is 0.785. The Morgan fingerprint density at radius 3 is 3.11 bits per heavy atom. The molecule has 5 heteroatoms. The van der Waals surface area contributed by atoms with Crippen molar-refractivity contribution >= 4 is 11.9 Å². The van der Waals surface area contributed by atoms with Crippen molar-refractivity contribution in [1.29, 1.82) is 0 Å². The molecule has 2 N–H and O–H groups in total. The zero-order valence-electron chi connectivity index (χ0n) is 10.5. The van der Waals surface area contributed by atoms with Gasteiger partial charge in [0.25, 0.3) is 0 Å². The van der Waals surface area contributed by atoms with Crippen LogP contribution in [0, 0.1) is 0 Å². The normalized spacial score (nSPS) is 22.3. The molecular weight excluding hydrogens is 228 g/mol. The summed E-state index contributed by atoms with van der Waals surface area (Å²) in [6, 6.07) is 6.09. The number of hydrogen-bond donors (Lipinski definition) is 2. The van der Waals surface area contributed by atoms with Gasteiger partial charge < -0.3 is 4.74 Å². The van der Waals surface area contributed by atoms with Crippen LogP contribution in [0.5, 0.6) is 5.75 Å². The second-order valence-electron chi connectivity index (χ2n) is 4.55. The number of fused-ring (bicyclic) bond motifs is 1. The Morgan fingerprint density at radius 2 is 2.33 bits per heavy atom. The van der Waals surface area contributed by atoms with Crippen molar-refractivity contribution < 1.29 is 4.74 Å². The van der Waals surface area contributed by atoms with Gasteiger partial charge in [0.15, 0.2) is 5.84 Å². The third-order valence-corrected chi connectivity index (χ3v) is 2.96. The summed E-state index contributed by atoms with van der Waals surface area (Å²) in [7, 11) is 1.87. The van der Waals surface area contributed by atoms with Crippen LogP contribution in [0.1, 0.15) is 24.5 Å². The van der Waals surface area contributed by atoms with Gasteiger partial charge in [-0.1, -0.05) is 12.2 Å². The SMILES string of the molecule is CC1CC=Cc2cc(C3=NNN(C)N3)ccc2O1. The van der Waals surface area contributed by atoms with Gasteiger partial charge in [-0.25, -0.2) is 5.53 Å². The predicted octanol–water partition coefficient (Wildman–Crippen LogP) is 1.49. The monoisotopic (exact) mass is 244 g/mol. The molecule has 2 aliphatic rings. The molecule has 2 heterocycles. The minimum absolute atomic E-state index is 0.225. The molecule has 3 rings (SSSR count). The third kappa shape index (κ3) is 2.04. The van der Waals surface area contributed by atoms with Gasteiger partial charge in [-0.15, -0.1) is 10.2 Å². The zero-order chi connectivity index (χ0) is 12.5. The topological polar surface area (TPSA) is 48.9 Å². The number of rotatable bonds is 1. The van der Waals surface area contributed by atoms with Crippen LogP contribution in [0.4, 0.5) is 0 Å². The number of ether oxygens (including phenoxy) is 1. The summed E-state index contributed by atoms with van der Waals surface area (Å²) in [4.78, 5) is 0. The molecule has 2 aliphatic heterocycles. The summed E-state index contributed by atoms with van der Waals surface area (Å²) in [5, 5.41) is 5.89. The molecule has 0 saturated heterocycles. The second-order valence-corrected chi connectivity index (χ2v) is 4.55. The molecule has 18 heavy (non-hydrogen) atoms. The van der Waals surface area contributed by atoms with E-state index in [0.29, 0.717) is 0 Å². The van der Waals surface area contributed by atoms with Gasteiger partial charge in [-0.3, -0.25) is 5.43 Å². The zero-order valence-corrected chi connectivity index (χ0v) is 10.5. The predicted molar refractivity (Wildman–Crippen MR) is 70.8 cm³/mol. The molecular formula is C13H16N4O. The minimum atomic E-state index is 0.225. The Balaban J connectivity index is 1.93. The number of hydrogen-bond acceptors (Lipinski definition) is 5. The van der Waals surface area contributed by atoms with E-state index in [4.69, 9.17) is 4.74 Å². The third-order valence-electron chi connectivity index (χ3n) is 2.96. The fourth-order valence-corrected chi connectivity index (χ4v) is 2.05. The molecule has 0 spiro atoms. The second kappa shape index (κ2) is 4.34. The highest BCUT2D eigenvalue weighted by Crippen LogP contribution is 2.26. The summed E-state index contributed by atoms with van der Waals surface area (Å²) in [6.07, 6.45) is 5.42. The van der Waals surface area contributed by atoms with E-state index in [1.165, 1.54) is 0 Å². The molecule has 0 aliphatic carbocycles. The Bertz CT molecular complexity index is 524. The molecule has 1 atom stereocenters. The lowest BCUT2D eigenvalue weighted by Crippen LogP contribution is -2.37. The molecule has 0 radical (unpaired) electrons. The van der Waals surface area contributed by atoms with Gasteiger partial charge in [0.1, 0.15) is 5.75 Å². The molecule has 0 saturated carbocycles. The first-order chi connectivity index (χ1) is 8.72. The summed E-state index contributed by atoms with van der Waals surface area (Å²) in [5.41, 5.74) is 8.07. The van der Waals surface area contributed by atoms with Crippen LogP contribution in [0.2, 0.25) is 0 Å². The molecule has 0 amide bonds. The summed E-state index contributed by atoms with van der Waals surface area (Å²) >= 11 is 0. The van der Waals surface area contributed by atoms with Gasteiger partial charge in [-0.05, 0) is 25.1 Å². The molecule has 0 bridgehead atoms. The Kier molecular flexibility index (Phi) is 2.68. The fraction of sp³-hybridized carbons (Fsp3) is 0.308. The van der Waals surface area contributed by atoms with E-state index in [-0.39, 0.29) is 6.10 Å². The number of amidine groups is 1. The van der Waals surface area contributed by atoms with Crippen LogP contribution in [-0.2, 0) is 0 Å². The number of nitrogens with one attached hydrogen (secondary N) is 2. The van der Waals surface area contributed by atoms with Gasteiger partial charge in [0.2, 0.25) is 0 Å². The Morgan fingerprint density at radius 1 is 1.44 bits per heavy atom. The summed E-state index contributed by atoms with van der Waals surface area (Å²) < 4.78 is 5.85. The fourth-order valence-electron chi connectivity index (χ4n) is 2.05. The van der Waals surface area contributed by atoms with E-state index < -0.39 is 0 Å². The van der Waals surface area contributed by atoms with Gasteiger partial charge >= 0.3 is 0 Å². The van der Waals surface area contributed by atoms with Crippen molar-refractivity contribution in [2.75, 3.05) is 7.05 Å². The average molecular weight is 244 g/mol. The van der Waals surface area contributed by atoms with Crippen LogP contribution in [0.3, 0.4) is 0 Å². The molecule has 1 unspecified atom stereocenters. The van der Waals surface area contributed by atoms with Gasteiger partial charge in [0.05, 0.1) is 6.10 Å². The van der Waals surface area contributed by atoms with E-state index in [1.807, 2.05) is 19.2 Å². The number of hydrazine groups is 2. The van der Waals surface area contributed by atoms with Gasteiger partial charge in [-0.2, -0.15) is 0 Å². The first-order valence-corrected chi connectivity index (χ1v) is 6.04. The van der Waals surface area contributed by atoms with E-state index in [9.17, 15) is 0 Å².